The summed E-state index contributed by atoms with van der Waals surface area (Å²) in [7, 11) is 1.54. The molecule has 0 aromatic heterocycles. The first kappa shape index (κ1) is 16.8. The van der Waals surface area contributed by atoms with Crippen LogP contribution in [0.15, 0.2) is 23.3 Å². The molecule has 0 radical (unpaired) electrons. The van der Waals surface area contributed by atoms with E-state index >= 15 is 0 Å². The number of ether oxygens (including phenoxy) is 2. The number of carbonyl (C=O) groups is 2. The maximum atomic E-state index is 12.2. The van der Waals surface area contributed by atoms with Crippen LogP contribution in [0, 0.1) is 0 Å². The van der Waals surface area contributed by atoms with Crippen molar-refractivity contribution < 1.29 is 19.1 Å². The quantitative estimate of drug-likeness (QED) is 0.643. The Balaban J connectivity index is 2.20. The second-order valence-corrected chi connectivity index (χ2v) is 5.32. The molecule has 1 saturated heterocycles. The van der Waals surface area contributed by atoms with E-state index in [4.69, 9.17) is 9.47 Å². The lowest BCUT2D eigenvalue weighted by Crippen LogP contribution is -2.42. The summed E-state index contributed by atoms with van der Waals surface area (Å²) < 4.78 is 10.7. The molecule has 7 heteroatoms. The number of hydrogen-bond donors (Lipinski definition) is 1. The standard InChI is InChI=1S/C16H21N3O4/c1-5-16(3)14(20)19(15(21)18-16)17-10-11-7-8-12(23-6-2)13(9-11)22-4/h7-10H,5-6H2,1-4H3,(H,18,21)/b17-10-/t16-/m1/s1. The highest BCUT2D eigenvalue weighted by molar-refractivity contribution is 6.07. The van der Waals surface area contributed by atoms with Gasteiger partial charge in [-0.25, -0.2) is 4.79 Å². The second kappa shape index (κ2) is 6.68. The highest BCUT2D eigenvalue weighted by atomic mass is 16.5. The van der Waals surface area contributed by atoms with Crippen LogP contribution in [0.1, 0.15) is 32.8 Å². The van der Waals surface area contributed by atoms with E-state index in [1.54, 1.807) is 32.2 Å². The van der Waals surface area contributed by atoms with Crippen molar-refractivity contribution in [3.05, 3.63) is 23.8 Å². The zero-order chi connectivity index (χ0) is 17.0. The molecular weight excluding hydrogens is 298 g/mol. The van der Waals surface area contributed by atoms with E-state index in [0.29, 0.717) is 30.1 Å². The highest BCUT2D eigenvalue weighted by Crippen LogP contribution is 2.27. The predicted molar refractivity (Wildman–Crippen MR) is 85.8 cm³/mol. The molecule has 1 fully saturated rings. The lowest BCUT2D eigenvalue weighted by atomic mass is 10.00. The summed E-state index contributed by atoms with van der Waals surface area (Å²) in [5.74, 6) is 0.825. The zero-order valence-electron chi connectivity index (χ0n) is 13.8. The van der Waals surface area contributed by atoms with Gasteiger partial charge in [-0.1, -0.05) is 6.92 Å². The summed E-state index contributed by atoms with van der Waals surface area (Å²) in [6, 6.07) is 4.74. The van der Waals surface area contributed by atoms with Crippen LogP contribution < -0.4 is 14.8 Å². The van der Waals surface area contributed by atoms with E-state index in [9.17, 15) is 9.59 Å². The van der Waals surface area contributed by atoms with Crippen LogP contribution in [0.5, 0.6) is 11.5 Å². The van der Waals surface area contributed by atoms with E-state index in [-0.39, 0.29) is 5.91 Å². The summed E-state index contributed by atoms with van der Waals surface area (Å²) >= 11 is 0. The molecule has 0 spiro atoms. The second-order valence-electron chi connectivity index (χ2n) is 5.32. The van der Waals surface area contributed by atoms with E-state index in [2.05, 4.69) is 10.4 Å². The van der Waals surface area contributed by atoms with Crippen molar-refractivity contribution in [2.24, 2.45) is 5.10 Å². The van der Waals surface area contributed by atoms with E-state index in [1.807, 2.05) is 13.8 Å². The molecule has 1 N–H and O–H groups in total. The Kier molecular flexibility index (Phi) is 4.88. The average molecular weight is 319 g/mol. The van der Waals surface area contributed by atoms with Crippen molar-refractivity contribution in [2.45, 2.75) is 32.7 Å². The molecule has 3 amide bonds. The van der Waals surface area contributed by atoms with Crippen LogP contribution in [0.2, 0.25) is 0 Å². The van der Waals surface area contributed by atoms with E-state index in [0.717, 1.165) is 5.01 Å². The van der Waals surface area contributed by atoms with Crippen LogP contribution in [-0.2, 0) is 4.79 Å². The number of nitrogens with zero attached hydrogens (tertiary/aromatic N) is 2. The number of amides is 3. The minimum atomic E-state index is -0.898. The fraction of sp³-hybridized carbons (Fsp3) is 0.438. The Morgan fingerprint density at radius 2 is 2.04 bits per heavy atom. The fourth-order valence-electron chi connectivity index (χ4n) is 2.18. The van der Waals surface area contributed by atoms with Crippen molar-refractivity contribution in [3.63, 3.8) is 0 Å². The molecule has 1 aromatic carbocycles. The minimum absolute atomic E-state index is 0.362. The van der Waals surface area contributed by atoms with Gasteiger partial charge < -0.3 is 14.8 Å². The summed E-state index contributed by atoms with van der Waals surface area (Å²) in [6.07, 6.45) is 1.94. The molecule has 1 atom stereocenters. The monoisotopic (exact) mass is 319 g/mol. The topological polar surface area (TPSA) is 80.2 Å². The van der Waals surface area contributed by atoms with Crippen molar-refractivity contribution in [1.29, 1.82) is 0 Å². The smallest absolute Gasteiger partial charge is 0.346 e. The molecule has 124 valence electrons. The van der Waals surface area contributed by atoms with Gasteiger partial charge in [-0.15, -0.1) is 5.01 Å². The van der Waals surface area contributed by atoms with Crippen LogP contribution >= 0.6 is 0 Å². The maximum absolute atomic E-state index is 12.2. The number of hydrogen-bond acceptors (Lipinski definition) is 5. The number of carbonyl (C=O) groups excluding carboxylic acids is 2. The predicted octanol–water partition coefficient (Wildman–Crippen LogP) is 2.15. The average Bonchev–Trinajstić information content (AvgIpc) is 2.77. The Bertz CT molecular complexity index is 644. The number of nitrogens with one attached hydrogen (secondary N) is 1. The molecule has 0 unspecified atom stereocenters. The van der Waals surface area contributed by atoms with Gasteiger partial charge in [0.2, 0.25) is 0 Å². The molecule has 0 saturated carbocycles. The third-order valence-corrected chi connectivity index (χ3v) is 3.76. The molecule has 0 aliphatic carbocycles. The van der Waals surface area contributed by atoms with Crippen LogP contribution in [-0.4, -0.2) is 42.4 Å². The van der Waals surface area contributed by atoms with Crippen molar-refractivity contribution in [1.82, 2.24) is 10.3 Å². The first-order valence-corrected chi connectivity index (χ1v) is 7.46. The maximum Gasteiger partial charge on any atom is 0.346 e. The summed E-state index contributed by atoms with van der Waals surface area (Å²) in [6.45, 7) is 5.93. The molecule has 7 nitrogen and oxygen atoms in total. The van der Waals surface area contributed by atoms with Gasteiger partial charge in [0.1, 0.15) is 5.54 Å². The molecular formula is C16H21N3O4. The number of imide groups is 1. The van der Waals surface area contributed by atoms with Crippen LogP contribution in [0.25, 0.3) is 0 Å². The fourth-order valence-corrected chi connectivity index (χ4v) is 2.18. The van der Waals surface area contributed by atoms with E-state index < -0.39 is 11.6 Å². The van der Waals surface area contributed by atoms with Gasteiger partial charge in [0.05, 0.1) is 19.9 Å². The van der Waals surface area contributed by atoms with Gasteiger partial charge in [0.15, 0.2) is 11.5 Å². The van der Waals surface area contributed by atoms with E-state index in [1.165, 1.54) is 6.21 Å². The van der Waals surface area contributed by atoms with Gasteiger partial charge in [-0.2, -0.15) is 5.10 Å². The third kappa shape index (κ3) is 3.28. The normalized spacial score (nSPS) is 21.0. The lowest BCUT2D eigenvalue weighted by molar-refractivity contribution is -0.130. The Morgan fingerprint density at radius 1 is 1.30 bits per heavy atom. The number of urea groups is 1. The molecule has 0 bridgehead atoms. The molecule has 1 heterocycles. The minimum Gasteiger partial charge on any atom is -0.493 e. The SMILES string of the molecule is CCOc1ccc(/C=N\N2C(=O)N[C@](C)(CC)C2=O)cc1OC. The number of methoxy groups -OCH3 is 1. The molecule has 1 aliphatic heterocycles. The highest BCUT2D eigenvalue weighted by Gasteiger charge is 2.46. The van der Waals surface area contributed by atoms with Crippen molar-refractivity contribution in [3.8, 4) is 11.5 Å². The third-order valence-electron chi connectivity index (χ3n) is 3.76. The van der Waals surface area contributed by atoms with Gasteiger partial charge in [-0.3, -0.25) is 4.79 Å². The van der Waals surface area contributed by atoms with Crippen molar-refractivity contribution >= 4 is 18.2 Å². The van der Waals surface area contributed by atoms with Crippen LogP contribution in [0.4, 0.5) is 4.79 Å². The molecule has 1 aliphatic rings. The Morgan fingerprint density at radius 3 is 2.61 bits per heavy atom. The largest absolute Gasteiger partial charge is 0.493 e. The number of hydrazone groups is 1. The summed E-state index contributed by atoms with van der Waals surface area (Å²) in [5, 5.41) is 7.50. The number of benzene rings is 1. The summed E-state index contributed by atoms with van der Waals surface area (Å²) in [4.78, 5) is 24.1. The first-order valence-electron chi connectivity index (χ1n) is 7.46. The van der Waals surface area contributed by atoms with Crippen molar-refractivity contribution in [2.75, 3.05) is 13.7 Å². The lowest BCUT2D eigenvalue weighted by Gasteiger charge is -2.17. The van der Waals surface area contributed by atoms with Gasteiger partial charge in [-0.05, 0) is 44.0 Å². The Labute approximate surface area is 135 Å². The first-order chi connectivity index (χ1) is 10.9. The zero-order valence-corrected chi connectivity index (χ0v) is 13.8. The summed E-state index contributed by atoms with van der Waals surface area (Å²) in [5.41, 5.74) is -0.207. The van der Waals surface area contributed by atoms with Gasteiger partial charge >= 0.3 is 6.03 Å². The molecule has 2 rings (SSSR count). The molecule has 23 heavy (non-hydrogen) atoms. The van der Waals surface area contributed by atoms with Gasteiger partial charge in [0, 0.05) is 0 Å². The number of rotatable bonds is 6. The molecule has 1 aromatic rings. The Hall–Kier alpha value is -2.57. The van der Waals surface area contributed by atoms with Gasteiger partial charge in [0.25, 0.3) is 5.91 Å². The van der Waals surface area contributed by atoms with Crippen LogP contribution in [0.3, 0.4) is 0 Å².